The number of benzene rings is 1. The molecule has 21 heavy (non-hydrogen) atoms. The number of nitrogens with zero attached hydrogens (tertiary/aromatic N) is 1. The monoisotopic (exact) mass is 316 g/mol. The Labute approximate surface area is 125 Å². The van der Waals surface area contributed by atoms with Gasteiger partial charge in [0.25, 0.3) is 5.69 Å². The largest absolute Gasteiger partial charge is 0.481 e. The number of halogens is 2. The number of anilines is 1. The van der Waals surface area contributed by atoms with Gasteiger partial charge in [-0.2, -0.15) is 0 Å². The van der Waals surface area contributed by atoms with Crippen molar-refractivity contribution in [3.05, 3.63) is 33.1 Å². The molecule has 2 rings (SSSR count). The fourth-order valence-electron chi connectivity index (χ4n) is 2.76. The molecule has 0 unspecified atom stereocenters. The summed E-state index contributed by atoms with van der Waals surface area (Å²) in [5.41, 5.74) is -1.18. The van der Waals surface area contributed by atoms with Gasteiger partial charge in [-0.3, -0.25) is 14.9 Å². The fourth-order valence-corrected chi connectivity index (χ4v) is 2.92. The minimum absolute atomic E-state index is 0.0370. The highest BCUT2D eigenvalue weighted by Crippen LogP contribution is 2.39. The van der Waals surface area contributed by atoms with Crippen LogP contribution in [-0.2, 0) is 4.79 Å². The fraction of sp³-hybridized carbons (Fsp3) is 0.462. The number of carboxylic acid groups (broad SMARTS) is 1. The van der Waals surface area contributed by atoms with E-state index in [0.717, 1.165) is 25.0 Å². The molecule has 8 heteroatoms. The Hall–Kier alpha value is -1.89. The summed E-state index contributed by atoms with van der Waals surface area (Å²) in [6.45, 7) is 0. The molecule has 0 aliphatic heterocycles. The van der Waals surface area contributed by atoms with Crippen molar-refractivity contribution >= 4 is 28.9 Å². The molecular weight excluding hydrogens is 303 g/mol. The molecule has 0 aromatic heterocycles. The first-order chi connectivity index (χ1) is 9.83. The minimum Gasteiger partial charge on any atom is -0.481 e. The van der Waals surface area contributed by atoms with E-state index < -0.39 is 22.2 Å². The summed E-state index contributed by atoms with van der Waals surface area (Å²) in [6, 6.07) is 1.88. The number of rotatable bonds is 5. The van der Waals surface area contributed by atoms with Crippen molar-refractivity contribution in [3.63, 3.8) is 0 Å². The van der Waals surface area contributed by atoms with Crippen molar-refractivity contribution in [2.45, 2.75) is 37.6 Å². The first kappa shape index (κ1) is 15.5. The highest BCUT2D eigenvalue weighted by molar-refractivity contribution is 6.31. The third-order valence-corrected chi connectivity index (χ3v) is 3.98. The number of aliphatic carboxylic acids is 1. The van der Waals surface area contributed by atoms with Gasteiger partial charge in [-0.05, 0) is 12.8 Å². The van der Waals surface area contributed by atoms with E-state index in [1.807, 2.05) is 0 Å². The molecule has 0 saturated heterocycles. The molecule has 0 radical (unpaired) electrons. The quantitative estimate of drug-likeness (QED) is 0.639. The molecule has 1 aliphatic rings. The molecule has 1 aromatic carbocycles. The number of carboxylic acids is 1. The summed E-state index contributed by atoms with van der Waals surface area (Å²) in [4.78, 5) is 21.4. The van der Waals surface area contributed by atoms with Crippen molar-refractivity contribution in [2.75, 3.05) is 5.32 Å². The molecule has 6 nitrogen and oxygen atoms in total. The molecule has 0 heterocycles. The van der Waals surface area contributed by atoms with E-state index in [1.54, 1.807) is 0 Å². The highest BCUT2D eigenvalue weighted by Gasteiger charge is 2.37. The number of hydrogen-bond donors (Lipinski definition) is 2. The summed E-state index contributed by atoms with van der Waals surface area (Å²) < 4.78 is 13.6. The van der Waals surface area contributed by atoms with Crippen LogP contribution >= 0.6 is 11.6 Å². The Morgan fingerprint density at radius 2 is 2.10 bits per heavy atom. The van der Waals surface area contributed by atoms with Crippen molar-refractivity contribution < 1.29 is 19.2 Å². The standard InChI is InChI=1S/C13H14ClFN2O4/c14-8-5-11(17(20)21)10(6-9(8)15)16-13(7-12(18)19)3-1-2-4-13/h5-6,16H,1-4,7H2,(H,18,19). The van der Waals surface area contributed by atoms with Gasteiger partial charge in [0, 0.05) is 17.7 Å². The molecule has 0 amide bonds. The van der Waals surface area contributed by atoms with Gasteiger partial charge in [0.2, 0.25) is 0 Å². The molecule has 0 bridgehead atoms. The SMILES string of the molecule is O=C(O)CC1(Nc2cc(F)c(Cl)cc2[N+](=O)[O-])CCCC1. The Kier molecular flexibility index (Phi) is 4.32. The third kappa shape index (κ3) is 3.41. The zero-order valence-corrected chi connectivity index (χ0v) is 11.8. The van der Waals surface area contributed by atoms with Gasteiger partial charge in [0.1, 0.15) is 11.5 Å². The molecule has 2 N–H and O–H groups in total. The van der Waals surface area contributed by atoms with Crippen LogP contribution < -0.4 is 5.32 Å². The third-order valence-electron chi connectivity index (χ3n) is 3.69. The second kappa shape index (κ2) is 5.85. The minimum atomic E-state index is -0.999. The van der Waals surface area contributed by atoms with E-state index in [-0.39, 0.29) is 22.8 Å². The van der Waals surface area contributed by atoms with Crippen LogP contribution in [0.4, 0.5) is 15.8 Å². The summed E-state index contributed by atoms with van der Waals surface area (Å²) in [6.07, 6.45) is 2.62. The van der Waals surface area contributed by atoms with Gasteiger partial charge >= 0.3 is 5.97 Å². The first-order valence-electron chi connectivity index (χ1n) is 6.46. The molecule has 1 saturated carbocycles. The lowest BCUT2D eigenvalue weighted by molar-refractivity contribution is -0.384. The summed E-state index contributed by atoms with van der Waals surface area (Å²) in [7, 11) is 0. The lowest BCUT2D eigenvalue weighted by Gasteiger charge is -2.29. The first-order valence-corrected chi connectivity index (χ1v) is 6.84. The molecular formula is C13H14ClFN2O4. The van der Waals surface area contributed by atoms with E-state index in [2.05, 4.69) is 5.32 Å². The number of carbonyl (C=O) groups is 1. The lowest BCUT2D eigenvalue weighted by atomic mass is 9.92. The van der Waals surface area contributed by atoms with E-state index in [1.165, 1.54) is 0 Å². The highest BCUT2D eigenvalue weighted by atomic mass is 35.5. The molecule has 1 fully saturated rings. The van der Waals surface area contributed by atoms with Gasteiger partial charge in [-0.15, -0.1) is 0 Å². The topological polar surface area (TPSA) is 92.5 Å². The lowest BCUT2D eigenvalue weighted by Crippen LogP contribution is -2.37. The van der Waals surface area contributed by atoms with Crippen LogP contribution in [0.2, 0.25) is 5.02 Å². The van der Waals surface area contributed by atoms with Crippen molar-refractivity contribution in [1.29, 1.82) is 0 Å². The second-order valence-corrected chi connectivity index (χ2v) is 5.63. The van der Waals surface area contributed by atoms with E-state index in [0.29, 0.717) is 12.8 Å². The average molecular weight is 317 g/mol. The van der Waals surface area contributed by atoms with E-state index >= 15 is 0 Å². The average Bonchev–Trinajstić information content (AvgIpc) is 2.80. The smallest absolute Gasteiger partial charge is 0.305 e. The predicted molar refractivity (Wildman–Crippen MR) is 75.1 cm³/mol. The van der Waals surface area contributed by atoms with E-state index in [9.17, 15) is 19.3 Å². The normalized spacial score (nSPS) is 16.7. The second-order valence-electron chi connectivity index (χ2n) is 5.22. The molecule has 0 spiro atoms. The van der Waals surface area contributed by atoms with Crippen LogP contribution in [0, 0.1) is 15.9 Å². The zero-order chi connectivity index (χ0) is 15.6. The van der Waals surface area contributed by atoms with Gasteiger partial charge < -0.3 is 10.4 Å². The van der Waals surface area contributed by atoms with Gasteiger partial charge in [-0.25, -0.2) is 4.39 Å². The summed E-state index contributed by atoms with van der Waals surface area (Å²) in [5, 5.41) is 22.6. The van der Waals surface area contributed by atoms with Crippen molar-refractivity contribution in [1.82, 2.24) is 0 Å². The number of hydrogen-bond acceptors (Lipinski definition) is 4. The maximum Gasteiger partial charge on any atom is 0.305 e. The maximum absolute atomic E-state index is 13.6. The van der Waals surface area contributed by atoms with Crippen LogP contribution in [0.25, 0.3) is 0 Å². The van der Waals surface area contributed by atoms with Crippen molar-refractivity contribution in [3.8, 4) is 0 Å². The summed E-state index contributed by atoms with van der Waals surface area (Å²) >= 11 is 5.56. The zero-order valence-electron chi connectivity index (χ0n) is 11.1. The number of nitrogens with one attached hydrogen (secondary N) is 1. The molecule has 0 atom stereocenters. The molecule has 1 aliphatic carbocycles. The molecule has 114 valence electrons. The van der Waals surface area contributed by atoms with Crippen LogP contribution in [0.3, 0.4) is 0 Å². The Morgan fingerprint density at radius 3 is 2.62 bits per heavy atom. The van der Waals surface area contributed by atoms with Gasteiger partial charge in [0.05, 0.1) is 16.4 Å². The van der Waals surface area contributed by atoms with Gasteiger partial charge in [0.15, 0.2) is 0 Å². The summed E-state index contributed by atoms with van der Waals surface area (Å²) in [5.74, 6) is -1.78. The van der Waals surface area contributed by atoms with Crippen molar-refractivity contribution in [2.24, 2.45) is 0 Å². The molecule has 1 aromatic rings. The van der Waals surface area contributed by atoms with Crippen LogP contribution in [0.1, 0.15) is 32.1 Å². The predicted octanol–water partition coefficient (Wildman–Crippen LogP) is 3.59. The Bertz CT molecular complexity index is 588. The number of nitro benzene ring substituents is 1. The number of nitro groups is 1. The Morgan fingerprint density at radius 1 is 1.48 bits per heavy atom. The maximum atomic E-state index is 13.6. The van der Waals surface area contributed by atoms with Crippen LogP contribution in [0.5, 0.6) is 0 Å². The van der Waals surface area contributed by atoms with Crippen LogP contribution in [0.15, 0.2) is 12.1 Å². The van der Waals surface area contributed by atoms with Crippen LogP contribution in [-0.4, -0.2) is 21.5 Å². The van der Waals surface area contributed by atoms with E-state index in [4.69, 9.17) is 16.7 Å². The van der Waals surface area contributed by atoms with Gasteiger partial charge in [-0.1, -0.05) is 24.4 Å². The Balaban J connectivity index is 2.38.